The minimum Gasteiger partial charge on any atom is -0.468 e. The first kappa shape index (κ1) is 13.8. The summed E-state index contributed by atoms with van der Waals surface area (Å²) in [5.41, 5.74) is 1.09. The minimum atomic E-state index is -0.704. The van der Waals surface area contributed by atoms with Gasteiger partial charge >= 0.3 is 5.97 Å². The fourth-order valence-electron chi connectivity index (χ4n) is 1.34. The maximum absolute atomic E-state index is 11.6. The molecule has 17 heavy (non-hydrogen) atoms. The van der Waals surface area contributed by atoms with E-state index in [9.17, 15) is 9.59 Å². The summed E-state index contributed by atoms with van der Waals surface area (Å²) in [6.45, 7) is 1.75. The van der Waals surface area contributed by atoms with E-state index in [4.69, 9.17) is 0 Å². The molecule has 0 fully saturated rings. The molecule has 1 atom stereocenters. The van der Waals surface area contributed by atoms with Crippen molar-refractivity contribution in [1.29, 1.82) is 0 Å². The van der Waals surface area contributed by atoms with E-state index in [1.807, 2.05) is 30.3 Å². The van der Waals surface area contributed by atoms with Gasteiger partial charge < -0.3 is 4.74 Å². The SMILES string of the molecule is CCC(=O)C(SCc1ccccc1)C(=O)OC. The Morgan fingerprint density at radius 3 is 2.47 bits per heavy atom. The summed E-state index contributed by atoms with van der Waals surface area (Å²) >= 11 is 1.32. The highest BCUT2D eigenvalue weighted by molar-refractivity contribution is 8.00. The third-order valence-electron chi connectivity index (χ3n) is 2.32. The van der Waals surface area contributed by atoms with Crippen LogP contribution in [0.5, 0.6) is 0 Å². The number of methoxy groups -OCH3 is 1. The van der Waals surface area contributed by atoms with Crippen molar-refractivity contribution in [2.45, 2.75) is 24.3 Å². The predicted octanol–water partition coefficient (Wildman–Crippen LogP) is 2.44. The van der Waals surface area contributed by atoms with Crippen LogP contribution in [0.3, 0.4) is 0 Å². The van der Waals surface area contributed by atoms with Crippen LogP contribution < -0.4 is 0 Å². The Bertz CT molecular complexity index is 360. The summed E-state index contributed by atoms with van der Waals surface area (Å²) in [4.78, 5) is 23.1. The van der Waals surface area contributed by atoms with Crippen molar-refractivity contribution in [1.82, 2.24) is 0 Å². The summed E-state index contributed by atoms with van der Waals surface area (Å²) in [6.07, 6.45) is 0.349. The molecule has 0 bridgehead atoms. The first-order chi connectivity index (χ1) is 8.19. The van der Waals surface area contributed by atoms with E-state index in [1.54, 1.807) is 6.92 Å². The van der Waals surface area contributed by atoms with E-state index in [1.165, 1.54) is 18.9 Å². The largest absolute Gasteiger partial charge is 0.468 e. The van der Waals surface area contributed by atoms with E-state index < -0.39 is 11.2 Å². The highest BCUT2D eigenvalue weighted by Crippen LogP contribution is 2.20. The molecule has 0 radical (unpaired) electrons. The lowest BCUT2D eigenvalue weighted by Crippen LogP contribution is -2.27. The lowest BCUT2D eigenvalue weighted by molar-refractivity contribution is -0.142. The van der Waals surface area contributed by atoms with Gasteiger partial charge in [0.05, 0.1) is 7.11 Å². The van der Waals surface area contributed by atoms with Crippen LogP contribution in [-0.2, 0) is 20.1 Å². The second-order valence-electron chi connectivity index (χ2n) is 3.52. The monoisotopic (exact) mass is 252 g/mol. The number of benzene rings is 1. The number of ether oxygens (including phenoxy) is 1. The Morgan fingerprint density at radius 2 is 1.94 bits per heavy atom. The number of rotatable bonds is 6. The van der Waals surface area contributed by atoms with E-state index in [0.29, 0.717) is 12.2 Å². The van der Waals surface area contributed by atoms with Crippen LogP contribution >= 0.6 is 11.8 Å². The van der Waals surface area contributed by atoms with Crippen molar-refractivity contribution in [3.63, 3.8) is 0 Å². The van der Waals surface area contributed by atoms with Crippen molar-refractivity contribution < 1.29 is 14.3 Å². The summed E-state index contributed by atoms with van der Waals surface area (Å²) in [5.74, 6) is 0.0855. The first-order valence-corrected chi connectivity index (χ1v) is 6.50. The molecule has 0 aromatic heterocycles. The molecule has 0 aliphatic carbocycles. The molecule has 1 unspecified atom stereocenters. The number of Topliss-reactive ketones (excluding diaryl/α,β-unsaturated/α-hetero) is 1. The average Bonchev–Trinajstić information content (AvgIpc) is 2.39. The molecular formula is C13H16O3S. The van der Waals surface area contributed by atoms with Gasteiger partial charge in [-0.15, -0.1) is 11.8 Å². The first-order valence-electron chi connectivity index (χ1n) is 5.45. The number of thioether (sulfide) groups is 1. The molecule has 0 aliphatic rings. The lowest BCUT2D eigenvalue weighted by Gasteiger charge is -2.12. The molecule has 3 nitrogen and oxygen atoms in total. The maximum atomic E-state index is 11.6. The Balaban J connectivity index is 2.61. The number of carbonyl (C=O) groups is 2. The molecule has 0 saturated heterocycles. The van der Waals surface area contributed by atoms with Crippen LogP contribution in [0.2, 0.25) is 0 Å². The van der Waals surface area contributed by atoms with E-state index >= 15 is 0 Å². The van der Waals surface area contributed by atoms with Crippen LogP contribution in [0.1, 0.15) is 18.9 Å². The number of carbonyl (C=O) groups excluding carboxylic acids is 2. The molecule has 1 rings (SSSR count). The molecule has 1 aromatic rings. The zero-order valence-corrected chi connectivity index (χ0v) is 10.8. The predicted molar refractivity (Wildman–Crippen MR) is 68.8 cm³/mol. The minimum absolute atomic E-state index is 0.0854. The van der Waals surface area contributed by atoms with Gasteiger partial charge in [-0.1, -0.05) is 37.3 Å². The second kappa shape index (κ2) is 7.12. The van der Waals surface area contributed by atoms with Crippen LogP contribution in [0, 0.1) is 0 Å². The Hall–Kier alpha value is -1.29. The zero-order valence-electron chi connectivity index (χ0n) is 10.0. The van der Waals surface area contributed by atoms with Gasteiger partial charge in [0.15, 0.2) is 11.0 Å². The van der Waals surface area contributed by atoms with Crippen molar-refractivity contribution >= 4 is 23.5 Å². The zero-order chi connectivity index (χ0) is 12.7. The Morgan fingerprint density at radius 1 is 1.29 bits per heavy atom. The van der Waals surface area contributed by atoms with Crippen molar-refractivity contribution in [3.05, 3.63) is 35.9 Å². The molecule has 0 N–H and O–H groups in total. The van der Waals surface area contributed by atoms with Crippen molar-refractivity contribution in [2.24, 2.45) is 0 Å². The molecule has 0 heterocycles. The quantitative estimate of drug-likeness (QED) is 0.576. The third-order valence-corrected chi connectivity index (χ3v) is 3.60. The van der Waals surface area contributed by atoms with E-state index in [-0.39, 0.29) is 5.78 Å². The summed E-state index contributed by atoms with van der Waals surface area (Å²) in [7, 11) is 1.31. The third kappa shape index (κ3) is 4.23. The molecule has 0 amide bonds. The van der Waals surface area contributed by atoms with E-state index in [2.05, 4.69) is 4.74 Å². The molecule has 0 spiro atoms. The van der Waals surface area contributed by atoms with Gasteiger partial charge in [-0.05, 0) is 5.56 Å². The fourth-order valence-corrected chi connectivity index (χ4v) is 2.48. The van der Waals surface area contributed by atoms with Crippen LogP contribution in [0.25, 0.3) is 0 Å². The van der Waals surface area contributed by atoms with Crippen molar-refractivity contribution in [3.8, 4) is 0 Å². The standard InChI is InChI=1S/C13H16O3S/c1-3-11(14)12(13(15)16-2)17-9-10-7-5-4-6-8-10/h4-8,12H,3,9H2,1-2H3. The topological polar surface area (TPSA) is 43.4 Å². The van der Waals surface area contributed by atoms with Crippen LogP contribution in [0.4, 0.5) is 0 Å². The number of esters is 1. The molecular weight excluding hydrogens is 236 g/mol. The highest BCUT2D eigenvalue weighted by Gasteiger charge is 2.26. The van der Waals surface area contributed by atoms with E-state index in [0.717, 1.165) is 5.56 Å². The molecule has 0 saturated carbocycles. The molecule has 92 valence electrons. The lowest BCUT2D eigenvalue weighted by atomic mass is 10.2. The number of ketones is 1. The van der Waals surface area contributed by atoms with Gasteiger partial charge in [0.1, 0.15) is 0 Å². The fraction of sp³-hybridized carbons (Fsp3) is 0.385. The van der Waals surface area contributed by atoms with Gasteiger partial charge in [0.25, 0.3) is 0 Å². The molecule has 0 aliphatic heterocycles. The normalized spacial score (nSPS) is 11.9. The van der Waals surface area contributed by atoms with Gasteiger partial charge in [0, 0.05) is 12.2 Å². The van der Waals surface area contributed by atoms with Gasteiger partial charge in [0.2, 0.25) is 0 Å². The van der Waals surface area contributed by atoms with Crippen LogP contribution in [-0.4, -0.2) is 24.1 Å². The average molecular weight is 252 g/mol. The van der Waals surface area contributed by atoms with Crippen LogP contribution in [0.15, 0.2) is 30.3 Å². The summed E-state index contributed by atoms with van der Waals surface area (Å²) in [6, 6.07) is 9.74. The molecule has 4 heteroatoms. The highest BCUT2D eigenvalue weighted by atomic mass is 32.2. The number of hydrogen-bond acceptors (Lipinski definition) is 4. The Labute approximate surface area is 106 Å². The maximum Gasteiger partial charge on any atom is 0.326 e. The van der Waals surface area contributed by atoms with Gasteiger partial charge in [-0.3, -0.25) is 9.59 Å². The smallest absolute Gasteiger partial charge is 0.326 e. The van der Waals surface area contributed by atoms with Gasteiger partial charge in [-0.25, -0.2) is 0 Å². The summed E-state index contributed by atoms with van der Waals surface area (Å²) in [5, 5.41) is -0.704. The second-order valence-corrected chi connectivity index (χ2v) is 4.61. The number of hydrogen-bond donors (Lipinski definition) is 0. The van der Waals surface area contributed by atoms with Gasteiger partial charge in [-0.2, -0.15) is 0 Å². The van der Waals surface area contributed by atoms with Crippen molar-refractivity contribution in [2.75, 3.05) is 7.11 Å². The molecule has 1 aromatic carbocycles. The summed E-state index contributed by atoms with van der Waals surface area (Å²) < 4.78 is 4.64. The Kier molecular flexibility index (Phi) is 5.77.